The highest BCUT2D eigenvalue weighted by Crippen LogP contribution is 2.48. The van der Waals surface area contributed by atoms with Crippen LogP contribution in [0.1, 0.15) is 18.4 Å². The van der Waals surface area contributed by atoms with Crippen LogP contribution in [0, 0.1) is 0 Å². The SMILES string of the molecule is O=C(O)CCCc1ccc2cccc3c2c1-c1ccccc1-3. The molecule has 0 fully saturated rings. The van der Waals surface area contributed by atoms with Gasteiger partial charge in [0.2, 0.25) is 0 Å². The first kappa shape index (κ1) is 13.1. The molecule has 3 aromatic carbocycles. The number of rotatable bonds is 4. The van der Waals surface area contributed by atoms with E-state index in [-0.39, 0.29) is 6.42 Å². The minimum atomic E-state index is -0.724. The summed E-state index contributed by atoms with van der Waals surface area (Å²) in [5.74, 6) is -0.724. The summed E-state index contributed by atoms with van der Waals surface area (Å²) in [7, 11) is 0. The number of benzene rings is 3. The van der Waals surface area contributed by atoms with E-state index in [4.69, 9.17) is 5.11 Å². The summed E-state index contributed by atoms with van der Waals surface area (Å²) in [6.45, 7) is 0. The molecule has 0 unspecified atom stereocenters. The van der Waals surface area contributed by atoms with Crippen molar-refractivity contribution >= 4 is 16.7 Å². The third-order valence-electron chi connectivity index (χ3n) is 4.46. The zero-order valence-corrected chi connectivity index (χ0v) is 12.2. The average Bonchev–Trinajstić information content (AvgIpc) is 2.87. The Balaban J connectivity index is 1.90. The minimum absolute atomic E-state index is 0.223. The Morgan fingerprint density at radius 1 is 0.864 bits per heavy atom. The summed E-state index contributed by atoms with van der Waals surface area (Å²) in [5.41, 5.74) is 6.41. The van der Waals surface area contributed by atoms with Gasteiger partial charge in [-0.25, -0.2) is 0 Å². The van der Waals surface area contributed by atoms with Gasteiger partial charge in [-0.15, -0.1) is 0 Å². The third kappa shape index (κ3) is 1.92. The molecule has 3 aromatic rings. The van der Waals surface area contributed by atoms with Crippen LogP contribution >= 0.6 is 0 Å². The molecule has 0 spiro atoms. The second kappa shape index (κ2) is 4.99. The number of carboxylic acid groups (broad SMARTS) is 1. The van der Waals surface area contributed by atoms with Gasteiger partial charge < -0.3 is 5.11 Å². The Morgan fingerprint density at radius 3 is 2.45 bits per heavy atom. The highest BCUT2D eigenvalue weighted by Gasteiger charge is 2.22. The maximum atomic E-state index is 10.8. The molecule has 1 aliphatic carbocycles. The van der Waals surface area contributed by atoms with Gasteiger partial charge in [0.25, 0.3) is 0 Å². The first-order chi connectivity index (χ1) is 10.8. The number of carboxylic acids is 1. The Morgan fingerprint density at radius 2 is 1.64 bits per heavy atom. The number of hydrogen-bond acceptors (Lipinski definition) is 1. The number of hydrogen-bond donors (Lipinski definition) is 1. The molecule has 1 N–H and O–H groups in total. The molecule has 1 aliphatic rings. The highest BCUT2D eigenvalue weighted by atomic mass is 16.4. The maximum absolute atomic E-state index is 10.8. The van der Waals surface area contributed by atoms with Crippen molar-refractivity contribution in [2.45, 2.75) is 19.3 Å². The van der Waals surface area contributed by atoms with Crippen LogP contribution in [-0.2, 0) is 11.2 Å². The van der Waals surface area contributed by atoms with Gasteiger partial charge in [0.05, 0.1) is 0 Å². The molecule has 0 aliphatic heterocycles. The second-order valence-corrected chi connectivity index (χ2v) is 5.80. The monoisotopic (exact) mass is 288 g/mol. The van der Waals surface area contributed by atoms with E-state index in [1.807, 2.05) is 0 Å². The van der Waals surface area contributed by atoms with Crippen LogP contribution in [0.15, 0.2) is 54.6 Å². The van der Waals surface area contributed by atoms with E-state index in [2.05, 4.69) is 54.6 Å². The highest BCUT2D eigenvalue weighted by molar-refractivity contribution is 6.16. The van der Waals surface area contributed by atoms with Gasteiger partial charge in [0, 0.05) is 6.42 Å². The van der Waals surface area contributed by atoms with Gasteiger partial charge in [-0.2, -0.15) is 0 Å². The molecule has 0 bridgehead atoms. The fourth-order valence-electron chi connectivity index (χ4n) is 3.53. The first-order valence-electron chi connectivity index (χ1n) is 7.62. The molecule has 2 nitrogen and oxygen atoms in total. The van der Waals surface area contributed by atoms with E-state index in [0.717, 1.165) is 6.42 Å². The summed E-state index contributed by atoms with van der Waals surface area (Å²) >= 11 is 0. The van der Waals surface area contributed by atoms with E-state index >= 15 is 0 Å². The fourth-order valence-corrected chi connectivity index (χ4v) is 3.53. The molecule has 0 atom stereocenters. The van der Waals surface area contributed by atoms with Crippen molar-refractivity contribution in [3.8, 4) is 22.3 Å². The van der Waals surface area contributed by atoms with E-state index < -0.39 is 5.97 Å². The lowest BCUT2D eigenvalue weighted by atomic mass is 9.94. The van der Waals surface area contributed by atoms with Gasteiger partial charge >= 0.3 is 5.97 Å². The summed E-state index contributed by atoms with van der Waals surface area (Å²) in [6.07, 6.45) is 1.71. The van der Waals surface area contributed by atoms with Crippen LogP contribution in [0.25, 0.3) is 33.0 Å². The van der Waals surface area contributed by atoms with Crippen LogP contribution in [0.2, 0.25) is 0 Å². The Hall–Kier alpha value is -2.61. The Labute approximate surface area is 129 Å². The quantitative estimate of drug-likeness (QED) is 0.580. The molecule has 22 heavy (non-hydrogen) atoms. The fraction of sp³-hybridized carbons (Fsp3) is 0.150. The Bertz CT molecular complexity index is 893. The molecule has 0 saturated heterocycles. The largest absolute Gasteiger partial charge is 0.481 e. The second-order valence-electron chi connectivity index (χ2n) is 5.80. The molecule has 0 saturated carbocycles. The topological polar surface area (TPSA) is 37.3 Å². The smallest absolute Gasteiger partial charge is 0.303 e. The number of fused-ring (bicyclic) bond motifs is 3. The zero-order chi connectivity index (χ0) is 15.1. The van der Waals surface area contributed by atoms with E-state index in [9.17, 15) is 4.79 Å². The number of carbonyl (C=O) groups is 1. The molecule has 108 valence electrons. The van der Waals surface area contributed by atoms with Gasteiger partial charge in [-0.05, 0) is 51.4 Å². The lowest BCUT2D eigenvalue weighted by molar-refractivity contribution is -0.137. The van der Waals surface area contributed by atoms with Gasteiger partial charge in [-0.3, -0.25) is 4.79 Å². The van der Waals surface area contributed by atoms with Gasteiger partial charge in [0.15, 0.2) is 0 Å². The van der Waals surface area contributed by atoms with E-state index in [1.54, 1.807) is 0 Å². The molecular formula is C20H16O2. The molecule has 0 heterocycles. The van der Waals surface area contributed by atoms with Crippen molar-refractivity contribution in [3.05, 3.63) is 60.2 Å². The Kier molecular flexibility index (Phi) is 2.97. The van der Waals surface area contributed by atoms with Crippen molar-refractivity contribution in [1.82, 2.24) is 0 Å². The summed E-state index contributed by atoms with van der Waals surface area (Å²) in [5, 5.41) is 11.4. The molecule has 0 amide bonds. The van der Waals surface area contributed by atoms with Gasteiger partial charge in [-0.1, -0.05) is 54.6 Å². The normalized spacial score (nSPS) is 11.6. The van der Waals surface area contributed by atoms with Crippen LogP contribution < -0.4 is 0 Å². The minimum Gasteiger partial charge on any atom is -0.481 e. The molecule has 0 aromatic heterocycles. The van der Waals surface area contributed by atoms with E-state index in [0.29, 0.717) is 6.42 Å². The standard InChI is InChI=1S/C20H16O2/c21-18(22)10-4-6-14-12-11-13-5-3-9-17-15-7-1-2-8-16(15)19(14)20(13)17/h1-3,5,7-9,11-12H,4,6,10H2,(H,21,22). The van der Waals surface area contributed by atoms with Gasteiger partial charge in [0.1, 0.15) is 0 Å². The summed E-state index contributed by atoms with van der Waals surface area (Å²) in [4.78, 5) is 10.8. The van der Waals surface area contributed by atoms with Crippen molar-refractivity contribution in [2.75, 3.05) is 0 Å². The molecule has 4 rings (SSSR count). The van der Waals surface area contributed by atoms with Crippen molar-refractivity contribution in [3.63, 3.8) is 0 Å². The van der Waals surface area contributed by atoms with Crippen molar-refractivity contribution in [1.29, 1.82) is 0 Å². The van der Waals surface area contributed by atoms with Crippen LogP contribution in [-0.4, -0.2) is 11.1 Å². The third-order valence-corrected chi connectivity index (χ3v) is 4.46. The summed E-state index contributed by atoms with van der Waals surface area (Å²) in [6, 6.07) is 19.2. The molecular weight excluding hydrogens is 272 g/mol. The van der Waals surface area contributed by atoms with Crippen LogP contribution in [0.3, 0.4) is 0 Å². The van der Waals surface area contributed by atoms with Crippen molar-refractivity contribution in [2.24, 2.45) is 0 Å². The lowest BCUT2D eigenvalue weighted by Crippen LogP contribution is -1.97. The zero-order valence-electron chi connectivity index (χ0n) is 12.2. The van der Waals surface area contributed by atoms with E-state index in [1.165, 1.54) is 38.6 Å². The predicted octanol–water partition coefficient (Wildman–Crippen LogP) is 4.89. The maximum Gasteiger partial charge on any atom is 0.303 e. The molecule has 2 heteroatoms. The van der Waals surface area contributed by atoms with Crippen molar-refractivity contribution < 1.29 is 9.90 Å². The average molecular weight is 288 g/mol. The summed E-state index contributed by atoms with van der Waals surface area (Å²) < 4.78 is 0. The predicted molar refractivity (Wildman–Crippen MR) is 89.0 cm³/mol. The molecule has 0 radical (unpaired) electrons. The lowest BCUT2D eigenvalue weighted by Gasteiger charge is -2.09. The number of aliphatic carboxylic acids is 1. The van der Waals surface area contributed by atoms with Crippen LogP contribution in [0.4, 0.5) is 0 Å². The van der Waals surface area contributed by atoms with Crippen LogP contribution in [0.5, 0.6) is 0 Å². The first-order valence-corrected chi connectivity index (χ1v) is 7.62. The number of aryl methyl sites for hydroxylation is 1.